The lowest BCUT2D eigenvalue weighted by Crippen LogP contribution is -2.23. The van der Waals surface area contributed by atoms with Gasteiger partial charge in [-0.15, -0.1) is 0 Å². The SMILES string of the molecule is CC.CC.c1cncc(OC[C@@H]2Cn3c(nc4ccccc43)O2)c1. The number of pyridine rings is 1. The molecule has 4 rings (SSSR count). The average Bonchev–Trinajstić information content (AvgIpc) is 3.22. The molecule has 0 unspecified atom stereocenters. The van der Waals surface area contributed by atoms with Gasteiger partial charge in [0.1, 0.15) is 12.4 Å². The van der Waals surface area contributed by atoms with E-state index in [2.05, 4.69) is 20.6 Å². The molecule has 5 heteroatoms. The molecule has 0 saturated heterocycles. The van der Waals surface area contributed by atoms with Crippen molar-refractivity contribution < 1.29 is 9.47 Å². The monoisotopic (exact) mass is 327 g/mol. The van der Waals surface area contributed by atoms with E-state index in [-0.39, 0.29) is 6.10 Å². The molecule has 0 spiro atoms. The van der Waals surface area contributed by atoms with Gasteiger partial charge in [0.2, 0.25) is 0 Å². The average molecular weight is 327 g/mol. The number of imidazole rings is 1. The molecule has 1 aromatic carbocycles. The first kappa shape index (κ1) is 17.8. The van der Waals surface area contributed by atoms with Crippen molar-refractivity contribution in [3.63, 3.8) is 0 Å². The minimum atomic E-state index is -0.0117. The molecule has 0 saturated carbocycles. The molecule has 128 valence electrons. The number of benzene rings is 1. The summed E-state index contributed by atoms with van der Waals surface area (Å²) in [7, 11) is 0. The highest BCUT2D eigenvalue weighted by Crippen LogP contribution is 2.27. The van der Waals surface area contributed by atoms with Gasteiger partial charge < -0.3 is 9.47 Å². The van der Waals surface area contributed by atoms with Gasteiger partial charge in [-0.25, -0.2) is 0 Å². The first-order chi connectivity index (χ1) is 11.9. The Kier molecular flexibility index (Phi) is 6.61. The Balaban J connectivity index is 0.000000487. The third-order valence-electron chi connectivity index (χ3n) is 3.35. The highest BCUT2D eigenvalue weighted by molar-refractivity contribution is 5.76. The van der Waals surface area contributed by atoms with E-state index >= 15 is 0 Å². The van der Waals surface area contributed by atoms with Gasteiger partial charge in [0, 0.05) is 6.20 Å². The summed E-state index contributed by atoms with van der Waals surface area (Å²) < 4.78 is 13.6. The topological polar surface area (TPSA) is 49.2 Å². The third-order valence-corrected chi connectivity index (χ3v) is 3.35. The first-order valence-electron chi connectivity index (χ1n) is 8.55. The minimum absolute atomic E-state index is 0.0117. The van der Waals surface area contributed by atoms with Crippen molar-refractivity contribution in [1.82, 2.24) is 14.5 Å². The van der Waals surface area contributed by atoms with Crippen LogP contribution in [0, 0.1) is 0 Å². The summed E-state index contributed by atoms with van der Waals surface area (Å²) in [4.78, 5) is 8.49. The maximum atomic E-state index is 5.82. The number of nitrogens with zero attached hydrogens (tertiary/aromatic N) is 3. The van der Waals surface area contributed by atoms with Crippen LogP contribution in [0.1, 0.15) is 27.7 Å². The zero-order valence-electron chi connectivity index (χ0n) is 14.8. The maximum absolute atomic E-state index is 5.82. The van der Waals surface area contributed by atoms with Crippen molar-refractivity contribution in [2.24, 2.45) is 0 Å². The van der Waals surface area contributed by atoms with Crippen LogP contribution in [0.5, 0.6) is 11.8 Å². The molecule has 0 aliphatic carbocycles. The standard InChI is InChI=1S/C15H13N3O2.2C2H6/c1-2-6-14-13(5-1)17-15-18(14)9-12(20-15)10-19-11-4-3-7-16-8-11;2*1-2/h1-8,12H,9-10H2;2*1-2H3/t12-;;/m0../s1. The molecular formula is C19H25N3O2. The molecule has 24 heavy (non-hydrogen) atoms. The summed E-state index contributed by atoms with van der Waals surface area (Å²) in [6.45, 7) is 9.25. The summed E-state index contributed by atoms with van der Waals surface area (Å²) in [6.07, 6.45) is 3.41. The van der Waals surface area contributed by atoms with Crippen LogP contribution in [0.3, 0.4) is 0 Å². The largest absolute Gasteiger partial charge is 0.488 e. The first-order valence-corrected chi connectivity index (χ1v) is 8.55. The van der Waals surface area contributed by atoms with E-state index in [1.165, 1.54) is 0 Å². The van der Waals surface area contributed by atoms with E-state index in [0.29, 0.717) is 12.6 Å². The van der Waals surface area contributed by atoms with Crippen LogP contribution in [-0.4, -0.2) is 27.2 Å². The Bertz CT molecular complexity index is 741. The fourth-order valence-corrected chi connectivity index (χ4v) is 2.42. The van der Waals surface area contributed by atoms with E-state index in [4.69, 9.17) is 9.47 Å². The summed E-state index contributed by atoms with van der Waals surface area (Å²) in [5, 5.41) is 0. The molecular weight excluding hydrogens is 302 g/mol. The summed E-state index contributed by atoms with van der Waals surface area (Å²) >= 11 is 0. The number of fused-ring (bicyclic) bond motifs is 3. The molecule has 3 heterocycles. The Hall–Kier alpha value is -2.56. The normalized spacial score (nSPS) is 14.6. The van der Waals surface area contributed by atoms with Crippen LogP contribution >= 0.6 is 0 Å². The second-order valence-electron chi connectivity index (χ2n) is 4.73. The minimum Gasteiger partial charge on any atom is -0.488 e. The fourth-order valence-electron chi connectivity index (χ4n) is 2.42. The predicted molar refractivity (Wildman–Crippen MR) is 96.6 cm³/mol. The van der Waals surface area contributed by atoms with Crippen molar-refractivity contribution in [1.29, 1.82) is 0 Å². The lowest BCUT2D eigenvalue weighted by atomic mass is 10.3. The van der Waals surface area contributed by atoms with Crippen LogP contribution in [0.15, 0.2) is 48.8 Å². The number of hydrogen-bond acceptors (Lipinski definition) is 4. The molecule has 0 bridgehead atoms. The highest BCUT2D eigenvalue weighted by Gasteiger charge is 2.26. The summed E-state index contributed by atoms with van der Waals surface area (Å²) in [5.41, 5.74) is 2.07. The summed E-state index contributed by atoms with van der Waals surface area (Å²) in [6, 6.07) is 12.4. The number of para-hydroxylation sites is 2. The van der Waals surface area contributed by atoms with Crippen molar-refractivity contribution in [3.05, 3.63) is 48.8 Å². The van der Waals surface area contributed by atoms with E-state index < -0.39 is 0 Å². The molecule has 1 aliphatic rings. The van der Waals surface area contributed by atoms with Gasteiger partial charge in [-0.2, -0.15) is 4.98 Å². The molecule has 0 amide bonds. The molecule has 3 aromatic rings. The van der Waals surface area contributed by atoms with Gasteiger partial charge in [-0.05, 0) is 24.3 Å². The Morgan fingerprint density at radius 1 is 1.12 bits per heavy atom. The molecule has 5 nitrogen and oxygen atoms in total. The van der Waals surface area contributed by atoms with Gasteiger partial charge >= 0.3 is 0 Å². The van der Waals surface area contributed by atoms with Crippen LogP contribution in [-0.2, 0) is 6.54 Å². The second kappa shape index (κ2) is 8.91. The highest BCUT2D eigenvalue weighted by atomic mass is 16.6. The van der Waals surface area contributed by atoms with Crippen LogP contribution in [0.2, 0.25) is 0 Å². The maximum Gasteiger partial charge on any atom is 0.297 e. The number of hydrogen-bond donors (Lipinski definition) is 0. The van der Waals surface area contributed by atoms with E-state index in [1.807, 2.05) is 58.0 Å². The van der Waals surface area contributed by atoms with E-state index in [9.17, 15) is 0 Å². The Morgan fingerprint density at radius 3 is 2.67 bits per heavy atom. The molecule has 1 atom stereocenters. The van der Waals surface area contributed by atoms with Crippen LogP contribution in [0.4, 0.5) is 0 Å². The van der Waals surface area contributed by atoms with Crippen molar-refractivity contribution in [3.8, 4) is 11.8 Å². The van der Waals surface area contributed by atoms with E-state index in [0.717, 1.165) is 23.3 Å². The van der Waals surface area contributed by atoms with Gasteiger partial charge in [-0.3, -0.25) is 9.55 Å². The number of ether oxygens (including phenoxy) is 2. The van der Waals surface area contributed by atoms with Gasteiger partial charge in [0.25, 0.3) is 6.01 Å². The van der Waals surface area contributed by atoms with E-state index in [1.54, 1.807) is 12.4 Å². The lowest BCUT2D eigenvalue weighted by Gasteiger charge is -2.11. The Morgan fingerprint density at radius 2 is 1.92 bits per heavy atom. The lowest BCUT2D eigenvalue weighted by molar-refractivity contribution is 0.143. The van der Waals surface area contributed by atoms with Gasteiger partial charge in [0.05, 0.1) is 23.8 Å². The van der Waals surface area contributed by atoms with Crippen molar-refractivity contribution in [2.75, 3.05) is 6.61 Å². The Labute approximate surface area is 143 Å². The smallest absolute Gasteiger partial charge is 0.297 e. The van der Waals surface area contributed by atoms with Crippen LogP contribution < -0.4 is 9.47 Å². The van der Waals surface area contributed by atoms with Crippen LogP contribution in [0.25, 0.3) is 11.0 Å². The zero-order valence-corrected chi connectivity index (χ0v) is 14.8. The third kappa shape index (κ3) is 3.85. The molecule has 0 radical (unpaired) electrons. The summed E-state index contributed by atoms with van der Waals surface area (Å²) in [5.74, 6) is 0.755. The number of rotatable bonds is 3. The van der Waals surface area contributed by atoms with Crippen molar-refractivity contribution >= 4 is 11.0 Å². The zero-order chi connectivity index (χ0) is 17.4. The fraction of sp³-hybridized carbons (Fsp3) is 0.368. The quantitative estimate of drug-likeness (QED) is 0.718. The van der Waals surface area contributed by atoms with Crippen molar-refractivity contribution in [2.45, 2.75) is 40.3 Å². The number of aromatic nitrogens is 3. The molecule has 2 aromatic heterocycles. The second-order valence-corrected chi connectivity index (χ2v) is 4.73. The molecule has 1 aliphatic heterocycles. The molecule has 0 fully saturated rings. The predicted octanol–water partition coefficient (Wildman–Crippen LogP) is 4.32. The van der Waals surface area contributed by atoms with Gasteiger partial charge in [-0.1, -0.05) is 39.8 Å². The molecule has 0 N–H and O–H groups in total. The van der Waals surface area contributed by atoms with Gasteiger partial charge in [0.15, 0.2) is 6.10 Å².